The molecule has 0 unspecified atom stereocenters. The number of anilines is 2. The Kier molecular flexibility index (Phi) is 3.99. The van der Waals surface area contributed by atoms with Gasteiger partial charge in [-0.15, -0.1) is 5.10 Å². The predicted molar refractivity (Wildman–Crippen MR) is 96.0 cm³/mol. The number of rotatable bonds is 2. The summed E-state index contributed by atoms with van der Waals surface area (Å²) >= 11 is 0. The van der Waals surface area contributed by atoms with Crippen LogP contribution in [0, 0.1) is 0 Å². The Balaban J connectivity index is 1.57. The van der Waals surface area contributed by atoms with E-state index in [1.165, 1.54) is 17.7 Å². The highest BCUT2D eigenvalue weighted by molar-refractivity contribution is 5.89. The molecule has 2 aliphatic rings. The van der Waals surface area contributed by atoms with Gasteiger partial charge in [0.25, 0.3) is 0 Å². The van der Waals surface area contributed by atoms with E-state index in [0.717, 1.165) is 19.5 Å². The first-order valence-corrected chi connectivity index (χ1v) is 8.64. The van der Waals surface area contributed by atoms with Crippen LogP contribution in [-0.4, -0.2) is 47.0 Å². The van der Waals surface area contributed by atoms with Gasteiger partial charge in [-0.1, -0.05) is 18.2 Å². The van der Waals surface area contributed by atoms with Crippen molar-refractivity contribution in [1.29, 1.82) is 0 Å². The van der Waals surface area contributed by atoms with Crippen LogP contribution < -0.4 is 15.0 Å². The van der Waals surface area contributed by atoms with E-state index < -0.39 is 0 Å². The quantitative estimate of drug-likeness (QED) is 0.911. The summed E-state index contributed by atoms with van der Waals surface area (Å²) in [6.07, 6.45) is 2.30. The van der Waals surface area contributed by atoms with E-state index in [-0.39, 0.29) is 6.03 Å². The van der Waals surface area contributed by atoms with Crippen molar-refractivity contribution in [2.45, 2.75) is 25.4 Å². The maximum atomic E-state index is 12.9. The number of fused-ring (bicyclic) bond motifs is 3. The van der Waals surface area contributed by atoms with Crippen LogP contribution >= 0.6 is 0 Å². The fraction of sp³-hybridized carbons (Fsp3) is 0.444. The van der Waals surface area contributed by atoms with Crippen molar-refractivity contribution in [3.8, 4) is 5.88 Å². The van der Waals surface area contributed by atoms with Gasteiger partial charge in [0, 0.05) is 44.5 Å². The molecule has 0 saturated carbocycles. The standard InChI is InChI=1S/C18H23N5O2/c1-21-16(10-17(20-21)25-2)19-18(24)22-11-13-6-3-4-8-15(13)23-9-5-7-14(23)12-22/h3-4,6,8,10,14H,5,7,9,11-12H2,1-2H3,(H,19,24)/t14-/m0/s1. The molecule has 4 rings (SSSR count). The van der Waals surface area contributed by atoms with Crippen molar-refractivity contribution in [3.05, 3.63) is 35.9 Å². The summed E-state index contributed by atoms with van der Waals surface area (Å²) in [4.78, 5) is 17.2. The van der Waals surface area contributed by atoms with Gasteiger partial charge >= 0.3 is 6.03 Å². The first kappa shape index (κ1) is 15.8. The first-order valence-electron chi connectivity index (χ1n) is 8.64. The molecule has 7 heteroatoms. The van der Waals surface area contributed by atoms with Crippen LogP contribution in [0.15, 0.2) is 30.3 Å². The molecule has 2 aromatic rings. The lowest BCUT2D eigenvalue weighted by Crippen LogP contribution is -2.42. The lowest BCUT2D eigenvalue weighted by Gasteiger charge is -2.27. The Morgan fingerprint density at radius 3 is 3.00 bits per heavy atom. The maximum Gasteiger partial charge on any atom is 0.323 e. The number of methoxy groups -OCH3 is 1. The van der Waals surface area contributed by atoms with E-state index in [1.807, 2.05) is 11.0 Å². The fourth-order valence-electron chi connectivity index (χ4n) is 3.79. The number of urea groups is 1. The van der Waals surface area contributed by atoms with Gasteiger partial charge in [-0.3, -0.25) is 5.32 Å². The van der Waals surface area contributed by atoms with E-state index in [2.05, 4.69) is 33.5 Å². The molecule has 25 heavy (non-hydrogen) atoms. The zero-order valence-electron chi connectivity index (χ0n) is 14.6. The Labute approximate surface area is 147 Å². The second kappa shape index (κ2) is 6.31. The minimum Gasteiger partial charge on any atom is -0.480 e. The number of aromatic nitrogens is 2. The Hall–Kier alpha value is -2.70. The van der Waals surface area contributed by atoms with E-state index in [0.29, 0.717) is 24.3 Å². The molecule has 0 spiro atoms. The highest BCUT2D eigenvalue weighted by Crippen LogP contribution is 2.33. The first-order chi connectivity index (χ1) is 12.2. The van der Waals surface area contributed by atoms with Gasteiger partial charge < -0.3 is 14.5 Å². The lowest BCUT2D eigenvalue weighted by atomic mass is 10.1. The second-order valence-corrected chi connectivity index (χ2v) is 6.62. The topological polar surface area (TPSA) is 62.6 Å². The van der Waals surface area contributed by atoms with E-state index >= 15 is 0 Å². The Bertz CT molecular complexity index is 788. The van der Waals surface area contributed by atoms with Gasteiger partial charge in [-0.25, -0.2) is 9.48 Å². The van der Waals surface area contributed by atoms with Crippen LogP contribution in [0.4, 0.5) is 16.3 Å². The van der Waals surface area contributed by atoms with Crippen LogP contribution in [0.2, 0.25) is 0 Å². The van der Waals surface area contributed by atoms with Crippen molar-refractivity contribution >= 4 is 17.5 Å². The zero-order chi connectivity index (χ0) is 17.4. The molecule has 0 aliphatic carbocycles. The van der Waals surface area contributed by atoms with Crippen LogP contribution in [0.1, 0.15) is 18.4 Å². The van der Waals surface area contributed by atoms with Crippen molar-refractivity contribution < 1.29 is 9.53 Å². The van der Waals surface area contributed by atoms with E-state index in [4.69, 9.17) is 4.74 Å². The largest absolute Gasteiger partial charge is 0.480 e. The van der Waals surface area contributed by atoms with Crippen molar-refractivity contribution in [2.24, 2.45) is 7.05 Å². The van der Waals surface area contributed by atoms with Gasteiger partial charge in [0.05, 0.1) is 7.11 Å². The van der Waals surface area contributed by atoms with Gasteiger partial charge in [0.2, 0.25) is 5.88 Å². The van der Waals surface area contributed by atoms with Crippen LogP contribution in [-0.2, 0) is 13.6 Å². The molecule has 3 heterocycles. The summed E-state index contributed by atoms with van der Waals surface area (Å²) in [7, 11) is 3.35. The third kappa shape index (κ3) is 2.90. The molecule has 1 N–H and O–H groups in total. The predicted octanol–water partition coefficient (Wildman–Crippen LogP) is 2.45. The summed E-state index contributed by atoms with van der Waals surface area (Å²) in [5.41, 5.74) is 2.46. The maximum absolute atomic E-state index is 12.9. The SMILES string of the molecule is COc1cc(NC(=O)N2Cc3ccccc3N3CCC[C@H]3C2)n(C)n1. The molecule has 1 aromatic heterocycles. The molecule has 0 radical (unpaired) electrons. The van der Waals surface area contributed by atoms with Crippen LogP contribution in [0.5, 0.6) is 5.88 Å². The molecular weight excluding hydrogens is 318 g/mol. The molecule has 1 fully saturated rings. The van der Waals surface area contributed by atoms with Gasteiger partial charge in [0.15, 0.2) is 0 Å². The number of benzene rings is 1. The highest BCUT2D eigenvalue weighted by atomic mass is 16.5. The number of aryl methyl sites for hydroxylation is 1. The van der Waals surface area contributed by atoms with Crippen LogP contribution in [0.3, 0.4) is 0 Å². The number of ether oxygens (including phenoxy) is 1. The van der Waals surface area contributed by atoms with Gasteiger partial charge in [0.1, 0.15) is 5.82 Å². The molecule has 7 nitrogen and oxygen atoms in total. The minimum atomic E-state index is -0.103. The number of amides is 2. The second-order valence-electron chi connectivity index (χ2n) is 6.62. The lowest BCUT2D eigenvalue weighted by molar-refractivity contribution is 0.207. The molecule has 0 bridgehead atoms. The summed E-state index contributed by atoms with van der Waals surface area (Å²) in [5, 5.41) is 7.15. The zero-order valence-corrected chi connectivity index (χ0v) is 14.6. The summed E-state index contributed by atoms with van der Waals surface area (Å²) < 4.78 is 6.74. The van der Waals surface area contributed by atoms with Crippen LogP contribution in [0.25, 0.3) is 0 Å². The van der Waals surface area contributed by atoms with Crippen molar-refractivity contribution in [2.75, 3.05) is 30.4 Å². The molecule has 1 saturated heterocycles. The van der Waals surface area contributed by atoms with Gasteiger partial charge in [-0.05, 0) is 24.5 Å². The number of hydrogen-bond donors (Lipinski definition) is 1. The van der Waals surface area contributed by atoms with Gasteiger partial charge in [-0.2, -0.15) is 0 Å². The smallest absolute Gasteiger partial charge is 0.323 e. The number of carbonyl (C=O) groups is 1. The summed E-state index contributed by atoms with van der Waals surface area (Å²) in [6, 6.07) is 10.4. The third-order valence-electron chi connectivity index (χ3n) is 5.06. The molecule has 1 atom stereocenters. The highest BCUT2D eigenvalue weighted by Gasteiger charge is 2.33. The Morgan fingerprint density at radius 2 is 2.20 bits per heavy atom. The molecule has 2 aliphatic heterocycles. The average molecular weight is 341 g/mol. The molecule has 2 amide bonds. The fourth-order valence-corrected chi connectivity index (χ4v) is 3.79. The Morgan fingerprint density at radius 1 is 1.36 bits per heavy atom. The number of para-hydroxylation sites is 1. The summed E-state index contributed by atoms with van der Waals surface area (Å²) in [6.45, 7) is 2.41. The number of hydrogen-bond acceptors (Lipinski definition) is 4. The van der Waals surface area contributed by atoms with Crippen molar-refractivity contribution in [3.63, 3.8) is 0 Å². The number of nitrogens with one attached hydrogen (secondary N) is 1. The van der Waals surface area contributed by atoms with E-state index in [1.54, 1.807) is 24.9 Å². The molecule has 132 valence electrons. The molecular formula is C18H23N5O2. The normalized spacial score (nSPS) is 19.2. The molecule has 1 aromatic carbocycles. The monoisotopic (exact) mass is 341 g/mol. The minimum absolute atomic E-state index is 0.103. The van der Waals surface area contributed by atoms with Crippen molar-refractivity contribution in [1.82, 2.24) is 14.7 Å². The third-order valence-corrected chi connectivity index (χ3v) is 5.06. The number of carbonyl (C=O) groups excluding carboxylic acids is 1. The average Bonchev–Trinajstić information content (AvgIpc) is 3.17. The number of nitrogens with zero attached hydrogens (tertiary/aromatic N) is 4. The van der Waals surface area contributed by atoms with E-state index in [9.17, 15) is 4.79 Å². The summed E-state index contributed by atoms with van der Waals surface area (Å²) in [5.74, 6) is 1.11.